The fourth-order valence-corrected chi connectivity index (χ4v) is 1.29. The van der Waals surface area contributed by atoms with Crippen LogP contribution in [0.4, 0.5) is 0 Å². The second-order valence-electron chi connectivity index (χ2n) is 3.96. The van der Waals surface area contributed by atoms with Crippen LogP contribution in [0.25, 0.3) is 6.08 Å². The van der Waals surface area contributed by atoms with Crippen LogP contribution in [0.2, 0.25) is 0 Å². The molecule has 0 aliphatic heterocycles. The van der Waals surface area contributed by atoms with Gasteiger partial charge < -0.3 is 30.3 Å². The lowest BCUT2D eigenvalue weighted by atomic mass is 10.2. The second kappa shape index (κ2) is 7.09. The van der Waals surface area contributed by atoms with E-state index in [9.17, 15) is 19.5 Å². The number of esters is 1. The van der Waals surface area contributed by atoms with E-state index in [1.807, 2.05) is 0 Å². The fourth-order valence-electron chi connectivity index (χ4n) is 1.29. The predicted molar refractivity (Wildman–Crippen MR) is 68.8 cm³/mol. The number of hydrogen-bond donors (Lipinski definition) is 5. The second-order valence-corrected chi connectivity index (χ2v) is 3.96. The molecule has 1 radical (unpaired) electrons. The molecule has 22 heavy (non-hydrogen) atoms. The van der Waals surface area contributed by atoms with Gasteiger partial charge in [-0.3, -0.25) is 0 Å². The largest absolute Gasteiger partial charge is 0.504 e. The van der Waals surface area contributed by atoms with Gasteiger partial charge in [0.1, 0.15) is 0 Å². The number of benzene rings is 1. The fraction of sp³-hybridized carbons (Fsp3) is 0.154. The Morgan fingerprint density at radius 1 is 1.14 bits per heavy atom. The summed E-state index contributed by atoms with van der Waals surface area (Å²) in [4.78, 5) is 32.6. The first-order valence-corrected chi connectivity index (χ1v) is 5.69. The van der Waals surface area contributed by atoms with Crippen molar-refractivity contribution in [1.82, 2.24) is 0 Å². The standard InChI is InChI=1S/C13H11O9/c14-7-3-1-6(5-8(7)15)2-4-9(16)22-11(13(20)21)10(17)12(18)19/h1-4,10-11,14-15,17H,(H,18,19)(H,20,21)/b4-2+. The van der Waals surface area contributed by atoms with Crippen molar-refractivity contribution in [2.75, 3.05) is 0 Å². The molecule has 1 rings (SSSR count). The SMILES string of the molecule is O=C(/C=C/c1[c]c(O)c(O)cc1)OC(C(=O)O)C(O)C(=O)O. The summed E-state index contributed by atoms with van der Waals surface area (Å²) in [6.45, 7) is 0. The topological polar surface area (TPSA) is 162 Å². The van der Waals surface area contributed by atoms with E-state index in [0.717, 1.165) is 18.2 Å². The summed E-state index contributed by atoms with van der Waals surface area (Å²) in [5, 5.41) is 44.6. The minimum atomic E-state index is -2.42. The molecular formula is C13H11O9. The van der Waals surface area contributed by atoms with Crippen LogP contribution in [0, 0.1) is 6.07 Å². The Morgan fingerprint density at radius 3 is 2.27 bits per heavy atom. The van der Waals surface area contributed by atoms with Gasteiger partial charge in [0, 0.05) is 12.1 Å². The number of hydrogen-bond acceptors (Lipinski definition) is 7. The summed E-state index contributed by atoms with van der Waals surface area (Å²) in [6, 6.07) is 4.72. The zero-order chi connectivity index (χ0) is 16.9. The third kappa shape index (κ3) is 4.49. The van der Waals surface area contributed by atoms with Crippen molar-refractivity contribution in [1.29, 1.82) is 0 Å². The van der Waals surface area contributed by atoms with Crippen molar-refractivity contribution in [2.45, 2.75) is 12.2 Å². The third-order valence-corrected chi connectivity index (χ3v) is 2.35. The van der Waals surface area contributed by atoms with Crippen molar-refractivity contribution in [2.24, 2.45) is 0 Å². The molecule has 0 saturated carbocycles. The maximum Gasteiger partial charge on any atom is 0.348 e. The number of aliphatic carboxylic acids is 2. The first-order chi connectivity index (χ1) is 10.2. The van der Waals surface area contributed by atoms with E-state index in [4.69, 9.17) is 20.4 Å². The molecule has 0 spiro atoms. The molecule has 0 heterocycles. The minimum Gasteiger partial charge on any atom is -0.504 e. The molecule has 9 nitrogen and oxygen atoms in total. The van der Waals surface area contributed by atoms with Gasteiger partial charge in [0.2, 0.25) is 6.10 Å². The summed E-state index contributed by atoms with van der Waals surface area (Å²) in [5.41, 5.74) is 0.165. The van der Waals surface area contributed by atoms with E-state index in [2.05, 4.69) is 10.8 Å². The van der Waals surface area contributed by atoms with E-state index >= 15 is 0 Å². The molecule has 1 aromatic rings. The Hall–Kier alpha value is -3.07. The van der Waals surface area contributed by atoms with Crippen LogP contribution in [0.5, 0.6) is 11.5 Å². The number of aliphatic hydroxyl groups is 1. The van der Waals surface area contributed by atoms with Crippen LogP contribution in [-0.4, -0.2) is 55.6 Å². The maximum absolute atomic E-state index is 11.4. The Labute approximate surface area is 123 Å². The van der Waals surface area contributed by atoms with Crippen LogP contribution < -0.4 is 0 Å². The van der Waals surface area contributed by atoms with Crippen LogP contribution in [-0.2, 0) is 19.1 Å². The summed E-state index contributed by atoms with van der Waals surface area (Å²) in [6.07, 6.45) is -2.87. The van der Waals surface area contributed by atoms with Crippen molar-refractivity contribution in [3.63, 3.8) is 0 Å². The minimum absolute atomic E-state index is 0.165. The number of carboxylic acids is 2. The third-order valence-electron chi connectivity index (χ3n) is 2.35. The van der Waals surface area contributed by atoms with E-state index in [1.54, 1.807) is 0 Å². The van der Waals surface area contributed by atoms with Crippen LogP contribution >= 0.6 is 0 Å². The summed E-state index contributed by atoms with van der Waals surface area (Å²) < 4.78 is 4.33. The van der Waals surface area contributed by atoms with Crippen molar-refractivity contribution >= 4 is 24.0 Å². The number of phenolic OH excluding ortho intramolecular Hbond substituents is 2. The van der Waals surface area contributed by atoms with Crippen molar-refractivity contribution in [3.8, 4) is 11.5 Å². The Balaban J connectivity index is 2.78. The summed E-state index contributed by atoms with van der Waals surface area (Å²) >= 11 is 0. The lowest BCUT2D eigenvalue weighted by Crippen LogP contribution is -2.42. The number of ether oxygens (including phenoxy) is 1. The summed E-state index contributed by atoms with van der Waals surface area (Å²) in [5.74, 6) is -5.89. The normalized spacial score (nSPS) is 13.5. The molecule has 0 bridgehead atoms. The van der Waals surface area contributed by atoms with Gasteiger partial charge >= 0.3 is 17.9 Å². The van der Waals surface area contributed by atoms with Gasteiger partial charge in [-0.1, -0.05) is 6.07 Å². The number of aliphatic hydroxyl groups excluding tert-OH is 1. The number of aromatic hydroxyl groups is 2. The molecule has 0 aliphatic rings. The molecule has 2 atom stereocenters. The highest BCUT2D eigenvalue weighted by Crippen LogP contribution is 2.24. The van der Waals surface area contributed by atoms with Crippen molar-refractivity contribution < 1.29 is 44.7 Å². The molecule has 0 fully saturated rings. The highest BCUT2D eigenvalue weighted by molar-refractivity contribution is 5.91. The van der Waals surface area contributed by atoms with Gasteiger partial charge in [-0.2, -0.15) is 0 Å². The lowest BCUT2D eigenvalue weighted by Gasteiger charge is -2.15. The number of rotatable bonds is 6. The van der Waals surface area contributed by atoms with Gasteiger partial charge in [0.05, 0.1) is 0 Å². The lowest BCUT2D eigenvalue weighted by molar-refractivity contribution is -0.176. The molecule has 1 aromatic carbocycles. The molecule has 0 saturated heterocycles. The monoisotopic (exact) mass is 311 g/mol. The molecule has 0 aliphatic carbocycles. The van der Waals surface area contributed by atoms with E-state index in [-0.39, 0.29) is 5.56 Å². The predicted octanol–water partition coefficient (Wildman–Crippen LogP) is -0.647. The van der Waals surface area contributed by atoms with E-state index in [1.165, 1.54) is 6.07 Å². The molecular weight excluding hydrogens is 300 g/mol. The van der Waals surface area contributed by atoms with Gasteiger partial charge in [-0.05, 0) is 17.7 Å². The number of carboxylic acid groups (broad SMARTS) is 2. The van der Waals surface area contributed by atoms with Gasteiger partial charge in [-0.15, -0.1) is 0 Å². The Morgan fingerprint density at radius 2 is 1.77 bits per heavy atom. The molecule has 117 valence electrons. The van der Waals surface area contributed by atoms with Crippen LogP contribution in [0.3, 0.4) is 0 Å². The average molecular weight is 311 g/mol. The number of carbonyl (C=O) groups excluding carboxylic acids is 1. The number of phenols is 2. The molecule has 0 amide bonds. The quantitative estimate of drug-likeness (QED) is 0.261. The van der Waals surface area contributed by atoms with Crippen molar-refractivity contribution in [3.05, 3.63) is 29.8 Å². The average Bonchev–Trinajstić information content (AvgIpc) is 2.44. The van der Waals surface area contributed by atoms with E-state index < -0.39 is 41.6 Å². The zero-order valence-electron chi connectivity index (χ0n) is 10.8. The highest BCUT2D eigenvalue weighted by Gasteiger charge is 2.35. The first kappa shape index (κ1) is 17.0. The Bertz CT molecular complexity index is 620. The van der Waals surface area contributed by atoms with Crippen LogP contribution in [0.15, 0.2) is 18.2 Å². The van der Waals surface area contributed by atoms with Gasteiger partial charge in [-0.25, -0.2) is 14.4 Å². The molecule has 5 N–H and O–H groups in total. The summed E-state index contributed by atoms with van der Waals surface area (Å²) in [7, 11) is 0. The van der Waals surface area contributed by atoms with Gasteiger partial charge in [0.25, 0.3) is 0 Å². The maximum atomic E-state index is 11.4. The highest BCUT2D eigenvalue weighted by atomic mass is 16.6. The van der Waals surface area contributed by atoms with E-state index in [0.29, 0.717) is 0 Å². The van der Waals surface area contributed by atoms with Crippen LogP contribution in [0.1, 0.15) is 5.56 Å². The number of carbonyl (C=O) groups is 3. The van der Waals surface area contributed by atoms with Gasteiger partial charge in [0.15, 0.2) is 17.6 Å². The zero-order valence-corrected chi connectivity index (χ0v) is 10.8. The Kier molecular flexibility index (Phi) is 5.47. The smallest absolute Gasteiger partial charge is 0.348 e. The molecule has 9 heteroatoms. The molecule has 0 aromatic heterocycles. The first-order valence-electron chi connectivity index (χ1n) is 5.69. The molecule has 2 unspecified atom stereocenters.